The number of rotatable bonds is 3. The van der Waals surface area contributed by atoms with Crippen LogP contribution in [0.15, 0.2) is 47.1 Å². The summed E-state index contributed by atoms with van der Waals surface area (Å²) in [5, 5.41) is 0. The lowest BCUT2D eigenvalue weighted by Crippen LogP contribution is -2.06. The van der Waals surface area contributed by atoms with E-state index in [9.17, 15) is 4.79 Å². The molecule has 0 aliphatic carbocycles. The normalized spacial score (nSPS) is 10.4. The summed E-state index contributed by atoms with van der Waals surface area (Å²) in [7, 11) is 0. The maximum absolute atomic E-state index is 11.4. The van der Waals surface area contributed by atoms with Crippen molar-refractivity contribution in [1.82, 2.24) is 4.57 Å². The Balaban J connectivity index is 2.27. The average Bonchev–Trinajstić information content (AvgIpc) is 2.66. The molecular weight excluding hydrogens is 266 g/mol. The molecule has 0 amide bonds. The highest BCUT2D eigenvalue weighted by atomic mass is 79.9. The minimum atomic E-state index is 0.0972. The number of carbonyl (C=O) groups excluding carboxylic acids is 1. The van der Waals surface area contributed by atoms with Crippen LogP contribution in [0.5, 0.6) is 0 Å². The number of nitrogens with zero attached hydrogens (tertiary/aromatic N) is 1. The molecule has 3 heteroatoms. The van der Waals surface area contributed by atoms with Crippen molar-refractivity contribution in [2.24, 2.45) is 0 Å². The Labute approximate surface area is 103 Å². The number of aromatic nitrogens is 1. The van der Waals surface area contributed by atoms with Gasteiger partial charge in [0, 0.05) is 24.1 Å². The molecule has 0 atom stereocenters. The lowest BCUT2D eigenvalue weighted by molar-refractivity contribution is 0.100. The summed E-state index contributed by atoms with van der Waals surface area (Å²) in [6.45, 7) is 2.31. The molecule has 0 saturated heterocycles. The molecule has 2 aromatic rings. The van der Waals surface area contributed by atoms with E-state index < -0.39 is 0 Å². The van der Waals surface area contributed by atoms with Crippen LogP contribution in [0.1, 0.15) is 23.0 Å². The van der Waals surface area contributed by atoms with E-state index in [-0.39, 0.29) is 5.78 Å². The maximum Gasteiger partial charge on any atom is 0.176 e. The first kappa shape index (κ1) is 11.1. The minimum Gasteiger partial charge on any atom is -0.341 e. The Morgan fingerprint density at radius 1 is 1.31 bits per heavy atom. The smallest absolute Gasteiger partial charge is 0.176 e. The van der Waals surface area contributed by atoms with Crippen LogP contribution in [0.25, 0.3) is 0 Å². The second-order valence-corrected chi connectivity index (χ2v) is 4.62. The molecule has 0 N–H and O–H groups in total. The molecule has 1 heterocycles. The van der Waals surface area contributed by atoms with E-state index in [0.29, 0.717) is 0 Å². The van der Waals surface area contributed by atoms with Gasteiger partial charge in [-0.1, -0.05) is 28.1 Å². The third-order valence-electron chi connectivity index (χ3n) is 2.43. The predicted molar refractivity (Wildman–Crippen MR) is 67.7 cm³/mol. The molecule has 82 valence electrons. The zero-order valence-electron chi connectivity index (χ0n) is 8.98. The zero-order valence-corrected chi connectivity index (χ0v) is 10.6. The molecule has 1 aromatic heterocycles. The molecule has 2 rings (SSSR count). The fourth-order valence-corrected chi connectivity index (χ4v) is 2.15. The fourth-order valence-electron chi connectivity index (χ4n) is 1.70. The van der Waals surface area contributed by atoms with Crippen LogP contribution in [0, 0.1) is 0 Å². The molecule has 0 unspecified atom stereocenters. The van der Waals surface area contributed by atoms with Gasteiger partial charge in [0.2, 0.25) is 0 Å². The van der Waals surface area contributed by atoms with E-state index in [1.165, 1.54) is 5.56 Å². The molecule has 1 aromatic carbocycles. The van der Waals surface area contributed by atoms with Gasteiger partial charge >= 0.3 is 0 Å². The van der Waals surface area contributed by atoms with Gasteiger partial charge in [-0.05, 0) is 29.8 Å². The Morgan fingerprint density at radius 2 is 2.12 bits per heavy atom. The monoisotopic (exact) mass is 277 g/mol. The maximum atomic E-state index is 11.4. The topological polar surface area (TPSA) is 22.0 Å². The van der Waals surface area contributed by atoms with Gasteiger partial charge in [0.1, 0.15) is 0 Å². The highest BCUT2D eigenvalue weighted by Gasteiger charge is 2.05. The summed E-state index contributed by atoms with van der Waals surface area (Å²) in [5.41, 5.74) is 1.92. The number of carbonyl (C=O) groups is 1. The first-order chi connectivity index (χ1) is 7.66. The van der Waals surface area contributed by atoms with Gasteiger partial charge in [-0.15, -0.1) is 0 Å². The summed E-state index contributed by atoms with van der Waals surface area (Å²) in [6.07, 6.45) is 1.93. The molecule has 0 radical (unpaired) electrons. The number of hydrogen-bond acceptors (Lipinski definition) is 1. The van der Waals surface area contributed by atoms with Crippen molar-refractivity contribution in [1.29, 1.82) is 0 Å². The third-order valence-corrected chi connectivity index (χ3v) is 2.93. The van der Waals surface area contributed by atoms with Crippen LogP contribution >= 0.6 is 15.9 Å². The van der Waals surface area contributed by atoms with Gasteiger partial charge in [0.05, 0.1) is 5.69 Å². The predicted octanol–water partition coefficient (Wildman–Crippen LogP) is 3.50. The van der Waals surface area contributed by atoms with Crippen molar-refractivity contribution >= 4 is 21.7 Å². The lowest BCUT2D eigenvalue weighted by Gasteiger charge is -2.07. The van der Waals surface area contributed by atoms with Crippen molar-refractivity contribution in [3.05, 3.63) is 58.3 Å². The van der Waals surface area contributed by atoms with Crippen LogP contribution in [-0.4, -0.2) is 10.4 Å². The largest absolute Gasteiger partial charge is 0.341 e. The van der Waals surface area contributed by atoms with Crippen LogP contribution < -0.4 is 0 Å². The third kappa shape index (κ3) is 2.42. The van der Waals surface area contributed by atoms with E-state index in [2.05, 4.69) is 28.1 Å². The van der Waals surface area contributed by atoms with Gasteiger partial charge in [-0.25, -0.2) is 0 Å². The van der Waals surface area contributed by atoms with Crippen molar-refractivity contribution in [3.8, 4) is 0 Å². The van der Waals surface area contributed by atoms with E-state index in [1.54, 1.807) is 6.92 Å². The SMILES string of the molecule is CC(=O)c1cccn1Cc1cccc(Br)c1. The Hall–Kier alpha value is -1.35. The zero-order chi connectivity index (χ0) is 11.5. The first-order valence-corrected chi connectivity index (χ1v) is 5.86. The van der Waals surface area contributed by atoms with Gasteiger partial charge < -0.3 is 4.57 Å². The summed E-state index contributed by atoms with van der Waals surface area (Å²) in [6, 6.07) is 11.8. The Bertz CT molecular complexity index is 516. The summed E-state index contributed by atoms with van der Waals surface area (Å²) >= 11 is 3.44. The number of benzene rings is 1. The van der Waals surface area contributed by atoms with Crippen molar-refractivity contribution in [3.63, 3.8) is 0 Å². The van der Waals surface area contributed by atoms with Gasteiger partial charge in [0.25, 0.3) is 0 Å². The molecule has 16 heavy (non-hydrogen) atoms. The molecular formula is C13H12BrNO. The van der Waals surface area contributed by atoms with Gasteiger partial charge in [-0.3, -0.25) is 4.79 Å². The van der Waals surface area contributed by atoms with Crippen LogP contribution in [0.4, 0.5) is 0 Å². The molecule has 0 fully saturated rings. The summed E-state index contributed by atoms with van der Waals surface area (Å²) in [4.78, 5) is 11.4. The summed E-state index contributed by atoms with van der Waals surface area (Å²) < 4.78 is 3.02. The van der Waals surface area contributed by atoms with Gasteiger partial charge in [0.15, 0.2) is 5.78 Å². The van der Waals surface area contributed by atoms with Crippen molar-refractivity contribution in [2.45, 2.75) is 13.5 Å². The number of ketones is 1. The number of hydrogen-bond donors (Lipinski definition) is 0. The molecule has 0 aliphatic heterocycles. The summed E-state index contributed by atoms with van der Waals surface area (Å²) in [5.74, 6) is 0.0972. The molecule has 0 aliphatic rings. The fraction of sp³-hybridized carbons (Fsp3) is 0.154. The van der Waals surface area contributed by atoms with Crippen LogP contribution in [0.2, 0.25) is 0 Å². The van der Waals surface area contributed by atoms with Gasteiger partial charge in [-0.2, -0.15) is 0 Å². The Morgan fingerprint density at radius 3 is 2.81 bits per heavy atom. The highest BCUT2D eigenvalue weighted by Crippen LogP contribution is 2.14. The van der Waals surface area contributed by atoms with Crippen LogP contribution in [0.3, 0.4) is 0 Å². The van der Waals surface area contributed by atoms with E-state index >= 15 is 0 Å². The minimum absolute atomic E-state index is 0.0972. The lowest BCUT2D eigenvalue weighted by atomic mass is 10.2. The second kappa shape index (κ2) is 4.66. The Kier molecular flexibility index (Phi) is 3.25. The number of Topliss-reactive ketones (excluding diaryl/α,β-unsaturated/α-hetero) is 1. The molecule has 0 spiro atoms. The molecule has 0 saturated carbocycles. The van der Waals surface area contributed by atoms with E-state index in [1.807, 2.05) is 35.0 Å². The molecule has 2 nitrogen and oxygen atoms in total. The highest BCUT2D eigenvalue weighted by molar-refractivity contribution is 9.10. The average molecular weight is 278 g/mol. The van der Waals surface area contributed by atoms with Crippen LogP contribution in [-0.2, 0) is 6.54 Å². The van der Waals surface area contributed by atoms with E-state index in [4.69, 9.17) is 0 Å². The van der Waals surface area contributed by atoms with Crippen molar-refractivity contribution in [2.75, 3.05) is 0 Å². The molecule has 0 bridgehead atoms. The van der Waals surface area contributed by atoms with Crippen molar-refractivity contribution < 1.29 is 4.79 Å². The second-order valence-electron chi connectivity index (χ2n) is 3.71. The quantitative estimate of drug-likeness (QED) is 0.787. The standard InChI is InChI=1S/C13H12BrNO/c1-10(16)13-6-3-7-15(13)9-11-4-2-5-12(14)8-11/h2-8H,9H2,1H3. The van der Waals surface area contributed by atoms with E-state index in [0.717, 1.165) is 16.7 Å². The number of halogens is 1. The first-order valence-electron chi connectivity index (χ1n) is 5.07.